The summed E-state index contributed by atoms with van der Waals surface area (Å²) in [6.45, 7) is 2.81. The zero-order valence-electron chi connectivity index (χ0n) is 16.3. The van der Waals surface area contributed by atoms with E-state index >= 15 is 0 Å². The number of hydrogen-bond donors (Lipinski definition) is 2. The van der Waals surface area contributed by atoms with Crippen LogP contribution in [0.1, 0.15) is 28.0 Å². The number of pyridine rings is 1. The Hall–Kier alpha value is -2.88. The van der Waals surface area contributed by atoms with E-state index in [9.17, 15) is 28.4 Å². The predicted molar refractivity (Wildman–Crippen MR) is 114 cm³/mol. The standard InChI is InChI=1S/C18H18ClN5O5S2/c1-11-13(17(25)26)9-12(10-20)16(21-11)23-5-2-6-24(8-7-23)18(27)22-31(28,29)15-4-3-14(19)30-15/h3-4,9H,2,5-8H2,1H3,(H,22,27)(H,25,26). The molecule has 0 aliphatic carbocycles. The maximum Gasteiger partial charge on any atom is 0.337 e. The number of halogens is 1. The molecule has 3 heterocycles. The molecule has 2 amide bonds. The summed E-state index contributed by atoms with van der Waals surface area (Å²) in [7, 11) is -4.03. The number of carboxylic acid groups (broad SMARTS) is 1. The average molecular weight is 484 g/mol. The SMILES string of the molecule is Cc1nc(N2CCCN(C(=O)NS(=O)(=O)c3ccc(Cl)s3)CC2)c(C#N)cc1C(=O)O. The van der Waals surface area contributed by atoms with Gasteiger partial charge >= 0.3 is 12.0 Å². The van der Waals surface area contributed by atoms with Crippen LogP contribution in [-0.2, 0) is 10.0 Å². The zero-order chi connectivity index (χ0) is 22.8. The van der Waals surface area contributed by atoms with Crippen molar-refractivity contribution < 1.29 is 23.1 Å². The maximum atomic E-state index is 12.5. The number of nitrogens with zero attached hydrogens (tertiary/aromatic N) is 4. The summed E-state index contributed by atoms with van der Waals surface area (Å²) in [5.41, 5.74) is 0.356. The first-order valence-corrected chi connectivity index (χ1v) is 11.8. The summed E-state index contributed by atoms with van der Waals surface area (Å²) in [6.07, 6.45) is 0.505. The minimum atomic E-state index is -4.03. The summed E-state index contributed by atoms with van der Waals surface area (Å²) < 4.78 is 27.0. The molecule has 1 aliphatic rings. The second-order valence-electron chi connectivity index (χ2n) is 6.71. The quantitative estimate of drug-likeness (QED) is 0.673. The third-order valence-corrected chi connectivity index (χ3v) is 7.70. The van der Waals surface area contributed by atoms with E-state index in [1.807, 2.05) is 10.8 Å². The molecule has 2 aromatic heterocycles. The van der Waals surface area contributed by atoms with Crippen LogP contribution in [0.15, 0.2) is 22.4 Å². The average Bonchev–Trinajstić information content (AvgIpc) is 3.00. The van der Waals surface area contributed by atoms with E-state index < -0.39 is 22.0 Å². The lowest BCUT2D eigenvalue weighted by atomic mass is 10.1. The largest absolute Gasteiger partial charge is 0.478 e. The molecule has 13 heteroatoms. The van der Waals surface area contributed by atoms with Gasteiger partial charge in [0, 0.05) is 26.2 Å². The van der Waals surface area contributed by atoms with Crippen molar-refractivity contribution in [2.75, 3.05) is 31.1 Å². The first-order valence-electron chi connectivity index (χ1n) is 9.09. The van der Waals surface area contributed by atoms with Gasteiger partial charge in [-0.25, -0.2) is 27.7 Å². The van der Waals surface area contributed by atoms with Gasteiger partial charge in [0.05, 0.1) is 21.2 Å². The van der Waals surface area contributed by atoms with Crippen LogP contribution in [0.4, 0.5) is 10.6 Å². The monoisotopic (exact) mass is 483 g/mol. The molecule has 31 heavy (non-hydrogen) atoms. The van der Waals surface area contributed by atoms with E-state index in [1.54, 1.807) is 11.8 Å². The second-order valence-corrected chi connectivity index (χ2v) is 10.3. The van der Waals surface area contributed by atoms with Crippen LogP contribution in [0.3, 0.4) is 0 Å². The van der Waals surface area contributed by atoms with Crippen LogP contribution in [0.25, 0.3) is 0 Å². The van der Waals surface area contributed by atoms with Gasteiger partial charge in [0.25, 0.3) is 10.0 Å². The highest BCUT2D eigenvalue weighted by Gasteiger charge is 2.27. The first-order chi connectivity index (χ1) is 14.6. The molecule has 3 rings (SSSR count). The Labute approximate surface area is 187 Å². The highest BCUT2D eigenvalue weighted by atomic mass is 35.5. The van der Waals surface area contributed by atoms with Crippen LogP contribution < -0.4 is 9.62 Å². The number of thiophene rings is 1. The number of aromatic carboxylic acids is 1. The molecule has 0 bridgehead atoms. The van der Waals surface area contributed by atoms with Gasteiger partial charge in [-0.2, -0.15) is 5.26 Å². The van der Waals surface area contributed by atoms with Gasteiger partial charge in [-0.1, -0.05) is 11.6 Å². The third kappa shape index (κ3) is 5.07. The molecular formula is C18H18ClN5O5S2. The summed E-state index contributed by atoms with van der Waals surface area (Å²) in [4.78, 5) is 31.3. The van der Waals surface area contributed by atoms with E-state index in [2.05, 4.69) is 4.98 Å². The smallest absolute Gasteiger partial charge is 0.337 e. The fourth-order valence-corrected chi connectivity index (χ4v) is 5.59. The van der Waals surface area contributed by atoms with E-state index in [0.717, 1.165) is 11.3 Å². The molecule has 1 fully saturated rings. The molecule has 0 spiro atoms. The molecule has 0 unspecified atom stereocenters. The molecule has 0 radical (unpaired) electrons. The molecule has 10 nitrogen and oxygen atoms in total. The van der Waals surface area contributed by atoms with Crippen LogP contribution >= 0.6 is 22.9 Å². The van der Waals surface area contributed by atoms with Crippen molar-refractivity contribution in [2.24, 2.45) is 0 Å². The number of rotatable bonds is 4. The Morgan fingerprint density at radius 2 is 2.03 bits per heavy atom. The van der Waals surface area contributed by atoms with Crippen molar-refractivity contribution in [3.63, 3.8) is 0 Å². The van der Waals surface area contributed by atoms with Crippen molar-refractivity contribution in [1.29, 1.82) is 5.26 Å². The maximum absolute atomic E-state index is 12.5. The van der Waals surface area contributed by atoms with Crippen molar-refractivity contribution in [3.8, 4) is 6.07 Å². The first kappa shape index (κ1) is 22.8. The molecule has 2 aromatic rings. The van der Waals surface area contributed by atoms with E-state index in [1.165, 1.54) is 23.1 Å². The Bertz CT molecular complexity index is 1170. The second kappa shape index (κ2) is 9.09. The van der Waals surface area contributed by atoms with Crippen LogP contribution in [0.2, 0.25) is 4.34 Å². The molecule has 1 aliphatic heterocycles. The fourth-order valence-electron chi connectivity index (χ4n) is 3.14. The minimum Gasteiger partial charge on any atom is -0.478 e. The molecule has 2 N–H and O–H groups in total. The van der Waals surface area contributed by atoms with Crippen LogP contribution in [-0.4, -0.2) is 61.6 Å². The lowest BCUT2D eigenvalue weighted by Gasteiger charge is -2.24. The summed E-state index contributed by atoms with van der Waals surface area (Å²) >= 11 is 6.62. The number of nitriles is 1. The highest BCUT2D eigenvalue weighted by Crippen LogP contribution is 2.26. The van der Waals surface area contributed by atoms with Gasteiger partial charge in [-0.3, -0.25) is 0 Å². The number of urea groups is 1. The number of hydrogen-bond acceptors (Lipinski definition) is 8. The number of sulfonamides is 1. The number of carbonyl (C=O) groups excluding carboxylic acids is 1. The highest BCUT2D eigenvalue weighted by molar-refractivity contribution is 7.92. The number of carbonyl (C=O) groups is 2. The Balaban J connectivity index is 1.74. The number of anilines is 1. The number of aromatic nitrogens is 1. The normalized spacial score (nSPS) is 14.6. The lowest BCUT2D eigenvalue weighted by Crippen LogP contribution is -2.44. The van der Waals surface area contributed by atoms with Gasteiger partial charge < -0.3 is 14.9 Å². The molecule has 1 saturated heterocycles. The summed E-state index contributed by atoms with van der Waals surface area (Å²) in [5, 5.41) is 18.7. The Morgan fingerprint density at radius 1 is 1.29 bits per heavy atom. The van der Waals surface area contributed by atoms with E-state index in [0.29, 0.717) is 36.2 Å². The van der Waals surface area contributed by atoms with Crippen LogP contribution in [0.5, 0.6) is 0 Å². The topological polar surface area (TPSA) is 144 Å². The van der Waals surface area contributed by atoms with E-state index in [-0.39, 0.29) is 27.6 Å². The zero-order valence-corrected chi connectivity index (χ0v) is 18.7. The van der Waals surface area contributed by atoms with Gasteiger partial charge in [0.2, 0.25) is 0 Å². The fraction of sp³-hybridized carbons (Fsp3) is 0.333. The number of nitrogens with one attached hydrogen (secondary N) is 1. The number of amides is 2. The van der Waals surface area contributed by atoms with Gasteiger partial charge in [0.15, 0.2) is 0 Å². The van der Waals surface area contributed by atoms with Gasteiger partial charge in [-0.05, 0) is 31.5 Å². The lowest BCUT2D eigenvalue weighted by molar-refractivity contribution is 0.0695. The Morgan fingerprint density at radius 3 is 2.65 bits per heavy atom. The van der Waals surface area contributed by atoms with Crippen molar-refractivity contribution in [3.05, 3.63) is 39.4 Å². The van der Waals surface area contributed by atoms with Gasteiger partial charge in [-0.15, -0.1) is 11.3 Å². The number of aryl methyl sites for hydroxylation is 1. The summed E-state index contributed by atoms with van der Waals surface area (Å²) in [6, 6.07) is 5.27. The molecule has 0 aromatic carbocycles. The Kier molecular flexibility index (Phi) is 6.68. The summed E-state index contributed by atoms with van der Waals surface area (Å²) in [5.74, 6) is -0.826. The molecule has 0 saturated carbocycles. The van der Waals surface area contributed by atoms with Gasteiger partial charge in [0.1, 0.15) is 16.1 Å². The van der Waals surface area contributed by atoms with Crippen LogP contribution in [0, 0.1) is 18.3 Å². The van der Waals surface area contributed by atoms with Crippen molar-refractivity contribution in [2.45, 2.75) is 17.6 Å². The predicted octanol–water partition coefficient (Wildman–Crippen LogP) is 2.29. The van der Waals surface area contributed by atoms with E-state index in [4.69, 9.17) is 11.6 Å². The third-order valence-electron chi connectivity index (χ3n) is 4.66. The minimum absolute atomic E-state index is 0.0463. The molecule has 164 valence electrons. The molecule has 0 atom stereocenters. The van der Waals surface area contributed by atoms with Crippen molar-refractivity contribution >= 4 is 50.8 Å². The molecular weight excluding hydrogens is 466 g/mol. The number of carboxylic acids is 1. The van der Waals surface area contributed by atoms with Crippen molar-refractivity contribution in [1.82, 2.24) is 14.6 Å².